The van der Waals surface area contributed by atoms with E-state index in [1.54, 1.807) is 11.3 Å². The highest BCUT2D eigenvalue weighted by Gasteiger charge is 2.22. The normalized spacial score (nSPS) is 17.5. The number of thiophene rings is 1. The first kappa shape index (κ1) is 9.93. The van der Waals surface area contributed by atoms with Gasteiger partial charge >= 0.3 is 0 Å². The summed E-state index contributed by atoms with van der Waals surface area (Å²) in [5, 5.41) is 9.43. The molecule has 0 amide bonds. The van der Waals surface area contributed by atoms with Crippen LogP contribution in [0.25, 0.3) is 0 Å². The first-order valence-electron chi connectivity index (χ1n) is 4.86. The highest BCUT2D eigenvalue weighted by molar-refractivity contribution is 7.80. The van der Waals surface area contributed by atoms with Gasteiger partial charge in [-0.2, -0.15) is 0 Å². The molecule has 4 heteroatoms. The molecule has 2 nitrogen and oxygen atoms in total. The second kappa shape index (κ2) is 4.28. The highest BCUT2D eigenvalue weighted by Crippen LogP contribution is 2.20. The molecule has 0 bridgehead atoms. The molecular formula is C10H14N2S2. The molecule has 0 aromatic carbocycles. The lowest BCUT2D eigenvalue weighted by atomic mass is 10.3. The van der Waals surface area contributed by atoms with Crippen LogP contribution >= 0.6 is 23.6 Å². The van der Waals surface area contributed by atoms with E-state index in [9.17, 15) is 0 Å². The zero-order valence-electron chi connectivity index (χ0n) is 8.12. The second-order valence-electron chi connectivity index (χ2n) is 3.63. The molecule has 1 aliphatic carbocycles. The zero-order valence-corrected chi connectivity index (χ0v) is 9.75. The Bertz CT molecular complexity index is 304. The van der Waals surface area contributed by atoms with Crippen LogP contribution in [0.15, 0.2) is 17.5 Å². The summed E-state index contributed by atoms with van der Waals surface area (Å²) in [5.74, 6) is 0. The number of rotatable bonds is 3. The Hall–Kier alpha value is -0.610. The lowest BCUT2D eigenvalue weighted by molar-refractivity contribution is 0.709. The van der Waals surface area contributed by atoms with Gasteiger partial charge in [0.15, 0.2) is 5.11 Å². The van der Waals surface area contributed by atoms with Crippen LogP contribution in [-0.2, 0) is 0 Å². The van der Waals surface area contributed by atoms with Crippen molar-refractivity contribution in [1.82, 2.24) is 10.6 Å². The van der Waals surface area contributed by atoms with Gasteiger partial charge in [-0.25, -0.2) is 0 Å². The zero-order chi connectivity index (χ0) is 9.97. The number of thiocarbonyl (C=S) groups is 1. The number of nitrogens with one attached hydrogen (secondary N) is 2. The van der Waals surface area contributed by atoms with Gasteiger partial charge in [-0.1, -0.05) is 6.07 Å². The van der Waals surface area contributed by atoms with Crippen molar-refractivity contribution in [3.05, 3.63) is 22.4 Å². The maximum atomic E-state index is 5.20. The fraction of sp³-hybridized carbons (Fsp3) is 0.500. The average molecular weight is 226 g/mol. The van der Waals surface area contributed by atoms with Crippen molar-refractivity contribution in [3.63, 3.8) is 0 Å². The topological polar surface area (TPSA) is 24.1 Å². The molecule has 2 rings (SSSR count). The Labute approximate surface area is 93.7 Å². The Morgan fingerprint density at radius 2 is 2.43 bits per heavy atom. The molecule has 1 aromatic rings. The summed E-state index contributed by atoms with van der Waals surface area (Å²) in [7, 11) is 0. The Balaban J connectivity index is 1.81. The van der Waals surface area contributed by atoms with Crippen molar-refractivity contribution in [1.29, 1.82) is 0 Å². The molecule has 1 fully saturated rings. The molecule has 76 valence electrons. The second-order valence-corrected chi connectivity index (χ2v) is 5.02. The smallest absolute Gasteiger partial charge is 0.167 e. The Morgan fingerprint density at radius 3 is 3.00 bits per heavy atom. The van der Waals surface area contributed by atoms with Crippen LogP contribution < -0.4 is 10.6 Å². The van der Waals surface area contributed by atoms with Gasteiger partial charge in [-0.05, 0) is 43.4 Å². The summed E-state index contributed by atoms with van der Waals surface area (Å²) in [6.45, 7) is 2.13. The van der Waals surface area contributed by atoms with Crippen molar-refractivity contribution >= 4 is 28.7 Å². The molecule has 1 aliphatic rings. The van der Waals surface area contributed by atoms with Gasteiger partial charge in [0.25, 0.3) is 0 Å². The third-order valence-corrected chi connectivity index (χ3v) is 3.52. The summed E-state index contributed by atoms with van der Waals surface area (Å²) in [4.78, 5) is 1.32. The predicted octanol–water partition coefficient (Wildman–Crippen LogP) is 2.44. The van der Waals surface area contributed by atoms with Crippen LogP contribution in [0.5, 0.6) is 0 Å². The van der Waals surface area contributed by atoms with E-state index in [0.717, 1.165) is 5.11 Å². The largest absolute Gasteiger partial charge is 0.360 e. The monoisotopic (exact) mass is 226 g/mol. The molecule has 1 aromatic heterocycles. The molecule has 1 heterocycles. The van der Waals surface area contributed by atoms with Crippen LogP contribution in [0.3, 0.4) is 0 Å². The highest BCUT2D eigenvalue weighted by atomic mass is 32.1. The molecule has 1 saturated carbocycles. The molecule has 0 unspecified atom stereocenters. The summed E-state index contributed by atoms with van der Waals surface area (Å²) < 4.78 is 0. The first-order chi connectivity index (χ1) is 6.75. The molecule has 1 atom stereocenters. The van der Waals surface area contributed by atoms with Gasteiger partial charge in [0, 0.05) is 10.9 Å². The number of hydrogen-bond acceptors (Lipinski definition) is 2. The standard InChI is InChI=1S/C10H14N2S2/c1-7(9-3-2-6-14-9)11-10(13)12-8-4-5-8/h2-3,6-8H,4-5H2,1H3,(H2,11,12,13)/t7-/m1/s1. The van der Waals surface area contributed by atoms with Gasteiger partial charge in [-0.15, -0.1) is 11.3 Å². The Morgan fingerprint density at radius 1 is 1.64 bits per heavy atom. The molecule has 0 radical (unpaired) electrons. The fourth-order valence-corrected chi connectivity index (χ4v) is 2.34. The molecule has 2 N–H and O–H groups in total. The van der Waals surface area contributed by atoms with Gasteiger partial charge in [0.2, 0.25) is 0 Å². The SMILES string of the molecule is C[C@@H](NC(=S)NC1CC1)c1cccs1. The van der Waals surface area contributed by atoms with Gasteiger partial charge in [-0.3, -0.25) is 0 Å². The molecule has 14 heavy (non-hydrogen) atoms. The van der Waals surface area contributed by atoms with E-state index in [1.165, 1.54) is 17.7 Å². The van der Waals surface area contributed by atoms with Crippen LogP contribution in [-0.4, -0.2) is 11.2 Å². The van der Waals surface area contributed by atoms with Gasteiger partial charge < -0.3 is 10.6 Å². The third-order valence-electron chi connectivity index (χ3n) is 2.23. The maximum Gasteiger partial charge on any atom is 0.167 e. The van der Waals surface area contributed by atoms with E-state index in [4.69, 9.17) is 12.2 Å². The summed E-state index contributed by atoms with van der Waals surface area (Å²) in [5.41, 5.74) is 0. The van der Waals surface area contributed by atoms with Crippen LogP contribution in [0.1, 0.15) is 30.7 Å². The van der Waals surface area contributed by atoms with Crippen molar-refractivity contribution in [2.75, 3.05) is 0 Å². The average Bonchev–Trinajstić information content (AvgIpc) is 2.80. The van der Waals surface area contributed by atoms with E-state index >= 15 is 0 Å². The van der Waals surface area contributed by atoms with Crippen LogP contribution in [0, 0.1) is 0 Å². The van der Waals surface area contributed by atoms with Crippen molar-refractivity contribution in [3.8, 4) is 0 Å². The lowest BCUT2D eigenvalue weighted by Crippen LogP contribution is -2.37. The van der Waals surface area contributed by atoms with Crippen molar-refractivity contribution in [2.24, 2.45) is 0 Å². The third kappa shape index (κ3) is 2.69. The molecule has 0 spiro atoms. The molecular weight excluding hydrogens is 212 g/mol. The molecule has 0 saturated heterocycles. The summed E-state index contributed by atoms with van der Waals surface area (Å²) in [6.07, 6.45) is 2.52. The van der Waals surface area contributed by atoms with E-state index in [1.807, 2.05) is 0 Å². The Kier molecular flexibility index (Phi) is 3.03. The minimum absolute atomic E-state index is 0.314. The van der Waals surface area contributed by atoms with Crippen molar-refractivity contribution < 1.29 is 0 Å². The van der Waals surface area contributed by atoms with E-state index in [0.29, 0.717) is 12.1 Å². The molecule has 0 aliphatic heterocycles. The lowest BCUT2D eigenvalue weighted by Gasteiger charge is -2.15. The summed E-state index contributed by atoms with van der Waals surface area (Å²) in [6, 6.07) is 5.14. The first-order valence-corrected chi connectivity index (χ1v) is 6.15. The summed E-state index contributed by atoms with van der Waals surface area (Å²) >= 11 is 6.96. The van der Waals surface area contributed by atoms with Gasteiger partial charge in [0.1, 0.15) is 0 Å². The fourth-order valence-electron chi connectivity index (χ4n) is 1.26. The van der Waals surface area contributed by atoms with E-state index in [-0.39, 0.29) is 0 Å². The van der Waals surface area contributed by atoms with E-state index in [2.05, 4.69) is 35.1 Å². The van der Waals surface area contributed by atoms with Crippen molar-refractivity contribution in [2.45, 2.75) is 31.8 Å². The van der Waals surface area contributed by atoms with Crippen LogP contribution in [0.4, 0.5) is 0 Å². The van der Waals surface area contributed by atoms with E-state index < -0.39 is 0 Å². The van der Waals surface area contributed by atoms with Gasteiger partial charge in [0.05, 0.1) is 6.04 Å². The number of hydrogen-bond donors (Lipinski definition) is 2. The van der Waals surface area contributed by atoms with Crippen LogP contribution in [0.2, 0.25) is 0 Å². The quantitative estimate of drug-likeness (QED) is 0.774. The minimum Gasteiger partial charge on any atom is -0.360 e. The maximum absolute atomic E-state index is 5.20. The minimum atomic E-state index is 0.314. The predicted molar refractivity (Wildman–Crippen MR) is 64.6 cm³/mol.